The summed E-state index contributed by atoms with van der Waals surface area (Å²) in [7, 11) is 0. The normalized spacial score (nSPS) is 23.8. The Balaban J connectivity index is 2.57. The molecule has 1 fully saturated rings. The van der Waals surface area contributed by atoms with Crippen LogP contribution in [0.5, 0.6) is 0 Å². The number of hydrogen-bond acceptors (Lipinski definition) is 3. The van der Waals surface area contributed by atoms with Crippen molar-refractivity contribution in [3.63, 3.8) is 0 Å². The molecule has 0 spiro atoms. The first kappa shape index (κ1) is 9.70. The lowest BCUT2D eigenvalue weighted by atomic mass is 10.3. The SMILES string of the molecule is CC1CC1n1cc(C(=O)O)c(=O)[nH]c1=O. The van der Waals surface area contributed by atoms with E-state index in [1.807, 2.05) is 11.9 Å². The summed E-state index contributed by atoms with van der Waals surface area (Å²) in [6.07, 6.45) is 1.96. The number of nitrogens with zero attached hydrogens (tertiary/aromatic N) is 1. The van der Waals surface area contributed by atoms with E-state index in [1.165, 1.54) is 4.57 Å². The molecule has 0 aromatic carbocycles. The van der Waals surface area contributed by atoms with Crippen LogP contribution in [0.25, 0.3) is 0 Å². The third kappa shape index (κ3) is 1.58. The molecule has 6 heteroatoms. The van der Waals surface area contributed by atoms with Gasteiger partial charge in [-0.1, -0.05) is 6.92 Å². The zero-order chi connectivity index (χ0) is 11.2. The Kier molecular flexibility index (Phi) is 1.99. The molecule has 1 aliphatic carbocycles. The van der Waals surface area contributed by atoms with Crippen molar-refractivity contribution in [1.29, 1.82) is 0 Å². The highest BCUT2D eigenvalue weighted by Crippen LogP contribution is 2.41. The van der Waals surface area contributed by atoms with Gasteiger partial charge >= 0.3 is 11.7 Å². The van der Waals surface area contributed by atoms with E-state index >= 15 is 0 Å². The van der Waals surface area contributed by atoms with E-state index in [2.05, 4.69) is 0 Å². The summed E-state index contributed by atoms with van der Waals surface area (Å²) in [6.45, 7) is 1.96. The highest BCUT2D eigenvalue weighted by molar-refractivity contribution is 5.86. The predicted molar refractivity (Wildman–Crippen MR) is 51.1 cm³/mol. The van der Waals surface area contributed by atoms with Crippen LogP contribution in [0.2, 0.25) is 0 Å². The van der Waals surface area contributed by atoms with Gasteiger partial charge in [-0.15, -0.1) is 0 Å². The van der Waals surface area contributed by atoms with E-state index in [0.717, 1.165) is 12.6 Å². The molecule has 0 aliphatic heterocycles. The van der Waals surface area contributed by atoms with Crippen LogP contribution in [0.3, 0.4) is 0 Å². The molecule has 2 N–H and O–H groups in total. The molecule has 2 unspecified atom stereocenters. The standard InChI is InChI=1S/C9H10N2O4/c1-4-2-6(4)11-3-5(8(13)14)7(12)10-9(11)15/h3-4,6H,2H2,1H3,(H,13,14)(H,10,12,15). The van der Waals surface area contributed by atoms with Crippen molar-refractivity contribution in [3.8, 4) is 0 Å². The number of nitrogens with one attached hydrogen (secondary N) is 1. The smallest absolute Gasteiger partial charge is 0.342 e. The maximum absolute atomic E-state index is 11.4. The Morgan fingerprint density at radius 3 is 2.67 bits per heavy atom. The molecule has 2 atom stereocenters. The van der Waals surface area contributed by atoms with Gasteiger partial charge in [-0.05, 0) is 12.3 Å². The number of carbonyl (C=O) groups is 1. The Hall–Kier alpha value is -1.85. The molecule has 1 aliphatic rings. The molecule has 6 nitrogen and oxygen atoms in total. The summed E-state index contributed by atoms with van der Waals surface area (Å²) in [5.74, 6) is -0.964. The van der Waals surface area contributed by atoms with Crippen molar-refractivity contribution in [1.82, 2.24) is 9.55 Å². The van der Waals surface area contributed by atoms with Crippen LogP contribution in [0.15, 0.2) is 15.8 Å². The number of aromatic amines is 1. The second-order valence-electron chi connectivity index (χ2n) is 3.79. The van der Waals surface area contributed by atoms with E-state index in [1.54, 1.807) is 0 Å². The summed E-state index contributed by atoms with van der Waals surface area (Å²) in [5.41, 5.74) is -1.79. The average molecular weight is 210 g/mol. The van der Waals surface area contributed by atoms with Crippen molar-refractivity contribution in [3.05, 3.63) is 32.6 Å². The van der Waals surface area contributed by atoms with Gasteiger partial charge in [0.05, 0.1) is 0 Å². The van der Waals surface area contributed by atoms with Crippen molar-refractivity contribution < 1.29 is 9.90 Å². The fourth-order valence-corrected chi connectivity index (χ4v) is 1.57. The molecule has 2 rings (SSSR count). The maximum Gasteiger partial charge on any atom is 0.342 e. The van der Waals surface area contributed by atoms with Crippen molar-refractivity contribution in [2.45, 2.75) is 19.4 Å². The molecule has 15 heavy (non-hydrogen) atoms. The van der Waals surface area contributed by atoms with Crippen LogP contribution in [-0.4, -0.2) is 20.6 Å². The largest absolute Gasteiger partial charge is 0.477 e. The molecule has 1 aromatic rings. The van der Waals surface area contributed by atoms with Crippen molar-refractivity contribution in [2.24, 2.45) is 5.92 Å². The Morgan fingerprint density at radius 1 is 1.60 bits per heavy atom. The van der Waals surface area contributed by atoms with Crippen LogP contribution >= 0.6 is 0 Å². The van der Waals surface area contributed by atoms with Crippen LogP contribution in [-0.2, 0) is 0 Å². The third-order valence-electron chi connectivity index (χ3n) is 2.62. The molecule has 80 valence electrons. The second-order valence-corrected chi connectivity index (χ2v) is 3.79. The molecule has 0 bridgehead atoms. The molecule has 1 saturated carbocycles. The van der Waals surface area contributed by atoms with Gasteiger partial charge in [0.15, 0.2) is 0 Å². The van der Waals surface area contributed by atoms with E-state index < -0.39 is 22.8 Å². The first-order chi connectivity index (χ1) is 7.00. The number of hydrogen-bond donors (Lipinski definition) is 2. The van der Waals surface area contributed by atoms with E-state index in [-0.39, 0.29) is 6.04 Å². The van der Waals surface area contributed by atoms with Gasteiger partial charge in [-0.25, -0.2) is 9.59 Å². The zero-order valence-corrected chi connectivity index (χ0v) is 8.06. The second kappa shape index (κ2) is 3.08. The fraction of sp³-hybridized carbons (Fsp3) is 0.444. The summed E-state index contributed by atoms with van der Waals surface area (Å²) in [5, 5.41) is 8.71. The monoisotopic (exact) mass is 210 g/mol. The van der Waals surface area contributed by atoms with Gasteiger partial charge in [0.2, 0.25) is 0 Å². The van der Waals surface area contributed by atoms with Crippen LogP contribution in [0, 0.1) is 5.92 Å². The highest BCUT2D eigenvalue weighted by Gasteiger charge is 2.35. The Bertz CT molecular complexity index is 528. The van der Waals surface area contributed by atoms with E-state index in [0.29, 0.717) is 5.92 Å². The lowest BCUT2D eigenvalue weighted by Gasteiger charge is -2.03. The maximum atomic E-state index is 11.4. The summed E-state index contributed by atoms with van der Waals surface area (Å²) in [6, 6.07) is 0.0208. The minimum absolute atomic E-state index is 0.0208. The van der Waals surface area contributed by atoms with E-state index in [9.17, 15) is 14.4 Å². The Morgan fingerprint density at radius 2 is 2.20 bits per heavy atom. The number of H-pyrrole nitrogens is 1. The first-order valence-electron chi connectivity index (χ1n) is 4.59. The lowest BCUT2D eigenvalue weighted by Crippen LogP contribution is -2.33. The number of carboxylic acid groups (broad SMARTS) is 1. The van der Waals surface area contributed by atoms with Gasteiger partial charge in [0.1, 0.15) is 5.56 Å². The van der Waals surface area contributed by atoms with Gasteiger partial charge in [0.25, 0.3) is 5.56 Å². The number of aromatic nitrogens is 2. The molecule has 0 saturated heterocycles. The predicted octanol–water partition coefficient (Wildman–Crippen LogP) is -0.184. The quantitative estimate of drug-likeness (QED) is 0.708. The summed E-state index contributed by atoms with van der Waals surface area (Å²) < 4.78 is 1.29. The summed E-state index contributed by atoms with van der Waals surface area (Å²) in [4.78, 5) is 35.1. The van der Waals surface area contributed by atoms with Gasteiger partial charge in [0, 0.05) is 12.2 Å². The minimum Gasteiger partial charge on any atom is -0.477 e. The van der Waals surface area contributed by atoms with Crippen molar-refractivity contribution in [2.75, 3.05) is 0 Å². The van der Waals surface area contributed by atoms with Crippen LogP contribution in [0.1, 0.15) is 29.7 Å². The number of carboxylic acids is 1. The molecule has 1 aromatic heterocycles. The van der Waals surface area contributed by atoms with Gasteiger partial charge in [-0.2, -0.15) is 0 Å². The van der Waals surface area contributed by atoms with Crippen LogP contribution < -0.4 is 11.2 Å². The number of aromatic carboxylic acids is 1. The van der Waals surface area contributed by atoms with Crippen LogP contribution in [0.4, 0.5) is 0 Å². The van der Waals surface area contributed by atoms with E-state index in [4.69, 9.17) is 5.11 Å². The minimum atomic E-state index is -1.32. The topological polar surface area (TPSA) is 92.2 Å². The fourth-order valence-electron chi connectivity index (χ4n) is 1.57. The Labute approximate surface area is 84.2 Å². The third-order valence-corrected chi connectivity index (χ3v) is 2.62. The molecule has 0 amide bonds. The van der Waals surface area contributed by atoms with Gasteiger partial charge in [-0.3, -0.25) is 14.3 Å². The highest BCUT2D eigenvalue weighted by atomic mass is 16.4. The number of rotatable bonds is 2. The summed E-state index contributed by atoms with van der Waals surface area (Å²) >= 11 is 0. The first-order valence-corrected chi connectivity index (χ1v) is 4.59. The van der Waals surface area contributed by atoms with Crippen molar-refractivity contribution >= 4 is 5.97 Å². The molecular weight excluding hydrogens is 200 g/mol. The molecular formula is C9H10N2O4. The lowest BCUT2D eigenvalue weighted by molar-refractivity contribution is 0.0693. The molecule has 0 radical (unpaired) electrons. The van der Waals surface area contributed by atoms with Gasteiger partial charge < -0.3 is 5.11 Å². The molecule has 1 heterocycles. The zero-order valence-electron chi connectivity index (χ0n) is 8.06. The average Bonchev–Trinajstić information content (AvgIpc) is 2.81.